The van der Waals surface area contributed by atoms with Crippen molar-refractivity contribution in [3.8, 4) is 0 Å². The van der Waals surface area contributed by atoms with Crippen molar-refractivity contribution in [3.05, 3.63) is 52.6 Å². The number of hydrogen-bond donors (Lipinski definition) is 2. The number of rotatable bonds is 2. The number of nitrogens with zero attached hydrogens (tertiary/aromatic N) is 1. The van der Waals surface area contributed by atoms with E-state index < -0.39 is 11.8 Å². The van der Waals surface area contributed by atoms with Crippen LogP contribution in [0.25, 0.3) is 0 Å². The first-order chi connectivity index (χ1) is 12.9. The van der Waals surface area contributed by atoms with Crippen molar-refractivity contribution >= 4 is 34.8 Å². The minimum absolute atomic E-state index is 0.158. The predicted molar refractivity (Wildman–Crippen MR) is 104 cm³/mol. The summed E-state index contributed by atoms with van der Waals surface area (Å²) in [5.74, 6) is -1.25. The van der Waals surface area contributed by atoms with Crippen LogP contribution in [0, 0.1) is 13.8 Å². The summed E-state index contributed by atoms with van der Waals surface area (Å²) in [4.78, 5) is 38.5. The summed E-state index contributed by atoms with van der Waals surface area (Å²) in [5, 5.41) is 5.37. The van der Waals surface area contributed by atoms with Crippen molar-refractivity contribution in [3.63, 3.8) is 0 Å². The number of benzene rings is 2. The SMILES string of the molecule is Cc1ccc(C)c(NC(=O)C(=O)Nc2cc3c4c(c2)CCN4C(=O)CC3)c1. The lowest BCUT2D eigenvalue weighted by Gasteiger charge is -2.25. The van der Waals surface area contributed by atoms with Gasteiger partial charge in [-0.05, 0) is 67.1 Å². The molecule has 27 heavy (non-hydrogen) atoms. The Morgan fingerprint density at radius 2 is 1.63 bits per heavy atom. The first-order valence-corrected chi connectivity index (χ1v) is 9.08. The Morgan fingerprint density at radius 3 is 2.41 bits per heavy atom. The average molecular weight is 363 g/mol. The molecule has 2 aromatic rings. The molecule has 3 amide bonds. The maximum absolute atomic E-state index is 12.4. The summed E-state index contributed by atoms with van der Waals surface area (Å²) in [6.45, 7) is 4.50. The largest absolute Gasteiger partial charge is 0.318 e. The van der Waals surface area contributed by atoms with Crippen molar-refractivity contribution < 1.29 is 14.4 Å². The predicted octanol–water partition coefficient (Wildman–Crippen LogP) is 2.72. The van der Waals surface area contributed by atoms with Crippen LogP contribution < -0.4 is 15.5 Å². The summed E-state index contributed by atoms with van der Waals surface area (Å²) in [6.07, 6.45) is 1.92. The molecule has 4 rings (SSSR count). The second kappa shape index (κ2) is 6.54. The highest BCUT2D eigenvalue weighted by atomic mass is 16.2. The van der Waals surface area contributed by atoms with Gasteiger partial charge in [0, 0.05) is 24.3 Å². The third-order valence-electron chi connectivity index (χ3n) is 5.16. The molecule has 0 aromatic heterocycles. The normalized spacial score (nSPS) is 14.7. The second-order valence-electron chi connectivity index (χ2n) is 7.17. The fourth-order valence-corrected chi connectivity index (χ4v) is 3.77. The molecule has 0 bridgehead atoms. The fourth-order valence-electron chi connectivity index (χ4n) is 3.77. The lowest BCUT2D eigenvalue weighted by molar-refractivity contribution is -0.133. The highest BCUT2D eigenvalue weighted by Crippen LogP contribution is 2.38. The van der Waals surface area contributed by atoms with Gasteiger partial charge in [0.2, 0.25) is 5.91 Å². The number of aryl methyl sites for hydroxylation is 3. The number of hydrogen-bond acceptors (Lipinski definition) is 3. The van der Waals surface area contributed by atoms with E-state index in [1.165, 1.54) is 0 Å². The van der Waals surface area contributed by atoms with Crippen LogP contribution in [0.5, 0.6) is 0 Å². The number of nitrogens with one attached hydrogen (secondary N) is 2. The summed E-state index contributed by atoms with van der Waals surface area (Å²) in [5.41, 5.74) is 6.22. The van der Waals surface area contributed by atoms with Crippen LogP contribution in [-0.4, -0.2) is 24.3 Å². The third kappa shape index (κ3) is 3.18. The molecule has 6 nitrogen and oxygen atoms in total. The van der Waals surface area contributed by atoms with Crippen LogP contribution in [0.1, 0.15) is 28.7 Å². The van der Waals surface area contributed by atoms with Gasteiger partial charge in [-0.2, -0.15) is 0 Å². The molecule has 2 heterocycles. The van der Waals surface area contributed by atoms with Crippen molar-refractivity contribution in [2.45, 2.75) is 33.1 Å². The first kappa shape index (κ1) is 17.3. The number of amides is 3. The van der Waals surface area contributed by atoms with E-state index in [0.717, 1.165) is 34.4 Å². The van der Waals surface area contributed by atoms with E-state index in [-0.39, 0.29) is 5.91 Å². The lowest BCUT2D eigenvalue weighted by Crippen LogP contribution is -2.33. The topological polar surface area (TPSA) is 78.5 Å². The van der Waals surface area contributed by atoms with E-state index in [1.54, 1.807) is 0 Å². The molecule has 6 heteroatoms. The van der Waals surface area contributed by atoms with Crippen molar-refractivity contribution in [2.24, 2.45) is 0 Å². The molecule has 0 spiro atoms. The molecule has 2 aliphatic rings. The average Bonchev–Trinajstić information content (AvgIpc) is 3.06. The minimum atomic E-state index is -0.704. The molecule has 0 radical (unpaired) electrons. The minimum Gasteiger partial charge on any atom is -0.318 e. The fraction of sp³-hybridized carbons (Fsp3) is 0.286. The zero-order valence-corrected chi connectivity index (χ0v) is 15.4. The summed E-state index contributed by atoms with van der Waals surface area (Å²) in [7, 11) is 0. The van der Waals surface area contributed by atoms with E-state index in [9.17, 15) is 14.4 Å². The number of carbonyl (C=O) groups is 3. The van der Waals surface area contributed by atoms with Gasteiger partial charge in [-0.1, -0.05) is 12.1 Å². The molecular weight excluding hydrogens is 342 g/mol. The van der Waals surface area contributed by atoms with Crippen LogP contribution in [-0.2, 0) is 27.2 Å². The maximum atomic E-state index is 12.4. The standard InChI is InChI=1S/C21H21N3O3/c1-12-3-4-13(2)17(9-12)23-21(27)20(26)22-16-10-14-5-6-18(25)24-8-7-15(11-16)19(14)24/h3-4,9-11H,5-8H2,1-2H3,(H,22,26)(H,23,27). The molecule has 0 fully saturated rings. The maximum Gasteiger partial charge on any atom is 0.314 e. The van der Waals surface area contributed by atoms with Crippen LogP contribution >= 0.6 is 0 Å². The van der Waals surface area contributed by atoms with Crippen LogP contribution in [0.2, 0.25) is 0 Å². The molecular formula is C21H21N3O3. The Bertz CT molecular complexity index is 981. The highest BCUT2D eigenvalue weighted by Gasteiger charge is 2.31. The van der Waals surface area contributed by atoms with Gasteiger partial charge in [0.25, 0.3) is 0 Å². The molecule has 0 unspecified atom stereocenters. The Labute approximate surface area is 157 Å². The Hall–Kier alpha value is -3.15. The van der Waals surface area contributed by atoms with Gasteiger partial charge < -0.3 is 15.5 Å². The van der Waals surface area contributed by atoms with Crippen molar-refractivity contribution in [1.29, 1.82) is 0 Å². The van der Waals surface area contributed by atoms with Gasteiger partial charge in [0.1, 0.15) is 0 Å². The number of anilines is 3. The van der Waals surface area contributed by atoms with Crippen LogP contribution in [0.15, 0.2) is 30.3 Å². The summed E-state index contributed by atoms with van der Waals surface area (Å²) in [6, 6.07) is 9.43. The van der Waals surface area contributed by atoms with E-state index >= 15 is 0 Å². The van der Waals surface area contributed by atoms with Gasteiger partial charge in [-0.25, -0.2) is 0 Å². The quantitative estimate of drug-likeness (QED) is 0.806. The molecule has 2 aliphatic heterocycles. The lowest BCUT2D eigenvalue weighted by atomic mass is 9.98. The Kier molecular flexibility index (Phi) is 4.18. The van der Waals surface area contributed by atoms with Crippen molar-refractivity contribution in [1.82, 2.24) is 0 Å². The van der Waals surface area contributed by atoms with E-state index in [1.807, 2.05) is 49.1 Å². The smallest absolute Gasteiger partial charge is 0.314 e. The third-order valence-corrected chi connectivity index (χ3v) is 5.16. The molecule has 0 saturated heterocycles. The van der Waals surface area contributed by atoms with Crippen LogP contribution in [0.4, 0.5) is 17.1 Å². The summed E-state index contributed by atoms with van der Waals surface area (Å²) < 4.78 is 0. The molecule has 0 aliphatic carbocycles. The zero-order chi connectivity index (χ0) is 19.1. The first-order valence-electron chi connectivity index (χ1n) is 9.08. The monoisotopic (exact) mass is 363 g/mol. The van der Waals surface area contributed by atoms with E-state index in [4.69, 9.17) is 0 Å². The second-order valence-corrected chi connectivity index (χ2v) is 7.17. The van der Waals surface area contributed by atoms with E-state index in [2.05, 4.69) is 10.6 Å². The molecule has 0 saturated carbocycles. The highest BCUT2D eigenvalue weighted by molar-refractivity contribution is 6.43. The van der Waals surface area contributed by atoms with Crippen molar-refractivity contribution in [2.75, 3.05) is 22.1 Å². The van der Waals surface area contributed by atoms with Gasteiger partial charge in [-0.15, -0.1) is 0 Å². The van der Waals surface area contributed by atoms with Gasteiger partial charge >= 0.3 is 11.8 Å². The summed E-state index contributed by atoms with van der Waals surface area (Å²) >= 11 is 0. The van der Waals surface area contributed by atoms with E-state index in [0.29, 0.717) is 30.8 Å². The zero-order valence-electron chi connectivity index (χ0n) is 15.4. The van der Waals surface area contributed by atoms with Crippen LogP contribution in [0.3, 0.4) is 0 Å². The number of carbonyl (C=O) groups excluding carboxylic acids is 3. The molecule has 138 valence electrons. The Morgan fingerprint density at radius 1 is 0.926 bits per heavy atom. The molecule has 0 atom stereocenters. The molecule has 2 N–H and O–H groups in total. The molecule has 2 aromatic carbocycles. The Balaban J connectivity index is 1.51. The van der Waals surface area contributed by atoms with Gasteiger partial charge in [-0.3, -0.25) is 14.4 Å². The van der Waals surface area contributed by atoms with Gasteiger partial charge in [0.15, 0.2) is 0 Å². The van der Waals surface area contributed by atoms with Gasteiger partial charge in [0.05, 0.1) is 5.69 Å².